The maximum absolute atomic E-state index is 12.6. The van der Waals surface area contributed by atoms with Gasteiger partial charge in [-0.1, -0.05) is 29.8 Å². The minimum absolute atomic E-state index is 0.0578. The van der Waals surface area contributed by atoms with E-state index in [0.29, 0.717) is 17.2 Å². The van der Waals surface area contributed by atoms with E-state index in [1.54, 1.807) is 25.1 Å². The molecule has 3 rings (SSSR count). The number of benzene rings is 1. The molecule has 0 bridgehead atoms. The van der Waals surface area contributed by atoms with Crippen molar-refractivity contribution in [3.8, 4) is 0 Å². The van der Waals surface area contributed by atoms with Gasteiger partial charge in [-0.3, -0.25) is 9.59 Å². The molecule has 0 radical (unpaired) electrons. The SMILES string of the molecule is CC1=NN(Cc2ccccc2Cl)C(=O)[C@@H]1C(=O)N[C@@H]1CCS(=O)(=O)C1. The highest BCUT2D eigenvalue weighted by Crippen LogP contribution is 2.23. The minimum atomic E-state index is -3.10. The zero-order chi connectivity index (χ0) is 18.2. The molecule has 1 fully saturated rings. The summed E-state index contributed by atoms with van der Waals surface area (Å²) >= 11 is 6.10. The first-order valence-electron chi connectivity index (χ1n) is 7.87. The van der Waals surface area contributed by atoms with Crippen LogP contribution >= 0.6 is 11.6 Å². The number of hydrogen-bond acceptors (Lipinski definition) is 5. The number of carbonyl (C=O) groups excluding carboxylic acids is 2. The molecule has 0 aliphatic carbocycles. The molecule has 0 spiro atoms. The van der Waals surface area contributed by atoms with Gasteiger partial charge in [0.1, 0.15) is 0 Å². The van der Waals surface area contributed by atoms with E-state index in [0.717, 1.165) is 5.56 Å². The van der Waals surface area contributed by atoms with Crippen LogP contribution in [-0.4, -0.2) is 48.5 Å². The molecule has 1 saturated heterocycles. The number of nitrogens with zero attached hydrogens (tertiary/aromatic N) is 2. The van der Waals surface area contributed by atoms with E-state index < -0.39 is 33.6 Å². The number of hydrazone groups is 1. The van der Waals surface area contributed by atoms with Crippen LogP contribution in [0.5, 0.6) is 0 Å². The van der Waals surface area contributed by atoms with Gasteiger partial charge >= 0.3 is 0 Å². The summed E-state index contributed by atoms with van der Waals surface area (Å²) in [5.41, 5.74) is 1.12. The Morgan fingerprint density at radius 1 is 1.40 bits per heavy atom. The van der Waals surface area contributed by atoms with Gasteiger partial charge in [0.15, 0.2) is 15.8 Å². The predicted molar refractivity (Wildman–Crippen MR) is 93.8 cm³/mol. The number of hydrogen-bond donors (Lipinski definition) is 1. The molecule has 2 atom stereocenters. The molecule has 0 saturated carbocycles. The lowest BCUT2D eigenvalue weighted by molar-refractivity contribution is -0.138. The largest absolute Gasteiger partial charge is 0.351 e. The molecule has 134 valence electrons. The lowest BCUT2D eigenvalue weighted by Gasteiger charge is -2.17. The van der Waals surface area contributed by atoms with Crippen LogP contribution in [0, 0.1) is 5.92 Å². The highest BCUT2D eigenvalue weighted by atomic mass is 35.5. The Balaban J connectivity index is 1.68. The van der Waals surface area contributed by atoms with Gasteiger partial charge < -0.3 is 5.32 Å². The third-order valence-electron chi connectivity index (χ3n) is 4.32. The smallest absolute Gasteiger partial charge is 0.261 e. The molecule has 0 unspecified atom stereocenters. The summed E-state index contributed by atoms with van der Waals surface area (Å²) in [6.45, 7) is 1.79. The molecule has 2 heterocycles. The first-order chi connectivity index (χ1) is 11.8. The number of amides is 2. The van der Waals surface area contributed by atoms with Crippen molar-refractivity contribution in [3.05, 3.63) is 34.9 Å². The number of sulfone groups is 1. The van der Waals surface area contributed by atoms with Crippen LogP contribution in [0.2, 0.25) is 5.02 Å². The fourth-order valence-electron chi connectivity index (χ4n) is 3.02. The van der Waals surface area contributed by atoms with Crippen LogP contribution in [0.25, 0.3) is 0 Å². The lowest BCUT2D eigenvalue weighted by Crippen LogP contribution is -2.44. The molecule has 25 heavy (non-hydrogen) atoms. The molecule has 2 amide bonds. The molecule has 2 aliphatic heterocycles. The topological polar surface area (TPSA) is 95.9 Å². The van der Waals surface area contributed by atoms with Crippen molar-refractivity contribution in [2.75, 3.05) is 11.5 Å². The zero-order valence-corrected chi connectivity index (χ0v) is 15.2. The van der Waals surface area contributed by atoms with E-state index in [-0.39, 0.29) is 18.1 Å². The van der Waals surface area contributed by atoms with Gasteiger partial charge in [-0.05, 0) is 25.0 Å². The molecule has 1 aromatic rings. The lowest BCUT2D eigenvalue weighted by atomic mass is 10.0. The number of carbonyl (C=O) groups is 2. The molecule has 1 aromatic carbocycles. The predicted octanol–water partition coefficient (Wildman–Crippen LogP) is 0.978. The van der Waals surface area contributed by atoms with Gasteiger partial charge in [0.25, 0.3) is 5.91 Å². The number of rotatable bonds is 4. The maximum Gasteiger partial charge on any atom is 0.261 e. The van der Waals surface area contributed by atoms with Gasteiger partial charge in [-0.25, -0.2) is 13.4 Å². The second kappa shape index (κ2) is 6.76. The Kier molecular flexibility index (Phi) is 4.83. The first kappa shape index (κ1) is 17.9. The third kappa shape index (κ3) is 3.85. The van der Waals surface area contributed by atoms with E-state index in [1.165, 1.54) is 5.01 Å². The molecular formula is C16H18ClN3O4S. The van der Waals surface area contributed by atoms with E-state index >= 15 is 0 Å². The summed E-state index contributed by atoms with van der Waals surface area (Å²) in [6, 6.07) is 6.66. The molecule has 0 aromatic heterocycles. The first-order valence-corrected chi connectivity index (χ1v) is 10.1. The van der Waals surface area contributed by atoms with Gasteiger partial charge in [0.2, 0.25) is 5.91 Å². The Morgan fingerprint density at radius 3 is 2.76 bits per heavy atom. The molecular weight excluding hydrogens is 366 g/mol. The summed E-state index contributed by atoms with van der Waals surface area (Å²) in [6.07, 6.45) is 0.370. The summed E-state index contributed by atoms with van der Waals surface area (Å²) in [4.78, 5) is 25.0. The van der Waals surface area contributed by atoms with Crippen LogP contribution in [0.3, 0.4) is 0 Å². The van der Waals surface area contributed by atoms with Crippen molar-refractivity contribution in [1.82, 2.24) is 10.3 Å². The van der Waals surface area contributed by atoms with Crippen LogP contribution in [0.15, 0.2) is 29.4 Å². The van der Waals surface area contributed by atoms with Crippen LogP contribution in [0.1, 0.15) is 18.9 Å². The van der Waals surface area contributed by atoms with Gasteiger partial charge in [-0.2, -0.15) is 5.10 Å². The highest BCUT2D eigenvalue weighted by molar-refractivity contribution is 7.91. The summed E-state index contributed by atoms with van der Waals surface area (Å²) in [5, 5.41) is 8.58. The highest BCUT2D eigenvalue weighted by Gasteiger charge is 2.40. The fourth-order valence-corrected chi connectivity index (χ4v) is 4.89. The Bertz CT molecular complexity index is 853. The van der Waals surface area contributed by atoms with E-state index in [9.17, 15) is 18.0 Å². The Labute approximate surface area is 150 Å². The van der Waals surface area contributed by atoms with Gasteiger partial charge in [0.05, 0.1) is 23.8 Å². The summed E-state index contributed by atoms with van der Waals surface area (Å²) in [5.74, 6) is -1.99. The van der Waals surface area contributed by atoms with Crippen molar-refractivity contribution in [2.45, 2.75) is 25.9 Å². The molecule has 9 heteroatoms. The Morgan fingerprint density at radius 2 is 2.12 bits per heavy atom. The molecule has 2 aliphatic rings. The van der Waals surface area contributed by atoms with E-state index in [4.69, 9.17) is 11.6 Å². The normalized spacial score (nSPS) is 25.1. The average Bonchev–Trinajstić information content (AvgIpc) is 3.00. The number of halogens is 1. The summed E-state index contributed by atoms with van der Waals surface area (Å²) < 4.78 is 23.0. The van der Waals surface area contributed by atoms with Crippen molar-refractivity contribution in [2.24, 2.45) is 11.0 Å². The second-order valence-corrected chi connectivity index (χ2v) is 8.91. The van der Waals surface area contributed by atoms with Crippen molar-refractivity contribution < 1.29 is 18.0 Å². The van der Waals surface area contributed by atoms with Crippen molar-refractivity contribution in [1.29, 1.82) is 0 Å². The van der Waals surface area contributed by atoms with Crippen LogP contribution in [0.4, 0.5) is 0 Å². The number of nitrogens with one attached hydrogen (secondary N) is 1. The summed E-state index contributed by atoms with van der Waals surface area (Å²) in [7, 11) is -3.10. The van der Waals surface area contributed by atoms with Crippen LogP contribution in [-0.2, 0) is 26.0 Å². The van der Waals surface area contributed by atoms with E-state index in [1.807, 2.05) is 6.07 Å². The van der Waals surface area contributed by atoms with Crippen molar-refractivity contribution >= 4 is 39.0 Å². The monoisotopic (exact) mass is 383 g/mol. The third-order valence-corrected chi connectivity index (χ3v) is 6.45. The van der Waals surface area contributed by atoms with Gasteiger partial charge in [0, 0.05) is 11.1 Å². The van der Waals surface area contributed by atoms with Crippen molar-refractivity contribution in [3.63, 3.8) is 0 Å². The molecule has 7 nitrogen and oxygen atoms in total. The van der Waals surface area contributed by atoms with E-state index in [2.05, 4.69) is 10.4 Å². The fraction of sp³-hybridized carbons (Fsp3) is 0.438. The average molecular weight is 384 g/mol. The standard InChI is InChI=1S/C16H18ClN3O4S/c1-10-14(15(21)18-12-6-7-25(23,24)9-12)16(22)20(19-10)8-11-4-2-3-5-13(11)17/h2-5,12,14H,6-9H2,1H3,(H,18,21)/t12-,14+/m1/s1. The quantitative estimate of drug-likeness (QED) is 0.784. The maximum atomic E-state index is 12.6. The van der Waals surface area contributed by atoms with Crippen LogP contribution < -0.4 is 5.32 Å². The molecule has 1 N–H and O–H groups in total. The van der Waals surface area contributed by atoms with Gasteiger partial charge in [-0.15, -0.1) is 0 Å². The second-order valence-electron chi connectivity index (χ2n) is 6.27. The zero-order valence-electron chi connectivity index (χ0n) is 13.6. The minimum Gasteiger partial charge on any atom is -0.351 e. The Hall–Kier alpha value is -1.93.